The average molecular weight is 244 g/mol. The Labute approximate surface area is 95.2 Å². The largest absolute Gasteiger partial charge is 0.453 e. The number of halogens is 1. The van der Waals surface area contributed by atoms with Crippen molar-refractivity contribution in [3.63, 3.8) is 0 Å². The smallest absolute Gasteiger partial charge is 0.316 e. The van der Waals surface area contributed by atoms with Crippen molar-refractivity contribution in [1.82, 2.24) is 5.01 Å². The summed E-state index contributed by atoms with van der Waals surface area (Å²) in [5, 5.41) is 8.35. The summed E-state index contributed by atoms with van der Waals surface area (Å²) in [6, 6.07) is -0.838. The summed E-state index contributed by atoms with van der Waals surface area (Å²) in [4.78, 5) is 26.8. The second-order valence-corrected chi connectivity index (χ2v) is 3.48. The van der Waals surface area contributed by atoms with Crippen molar-refractivity contribution in [1.29, 1.82) is 0 Å². The third-order valence-corrected chi connectivity index (χ3v) is 2.34. The molecule has 0 aliphatic carbocycles. The minimum Gasteiger partial charge on any atom is -0.316 e. The molecule has 1 atom stereocenters. The molecule has 0 bridgehead atoms. The number of rotatable bonds is 2. The van der Waals surface area contributed by atoms with E-state index in [4.69, 9.17) is 17.3 Å². The Morgan fingerprint density at radius 3 is 3.00 bits per heavy atom. The van der Waals surface area contributed by atoms with Gasteiger partial charge in [0.2, 0.25) is 6.34 Å². The number of primary amides is 1. The lowest BCUT2D eigenvalue weighted by molar-refractivity contribution is -0.718. The van der Waals surface area contributed by atoms with Crippen LogP contribution >= 0.6 is 11.6 Å². The van der Waals surface area contributed by atoms with Gasteiger partial charge >= 0.3 is 11.9 Å². The van der Waals surface area contributed by atoms with Crippen LogP contribution in [0.25, 0.3) is 0 Å². The Hall–Kier alpha value is -1.80. The molecular weight excluding hydrogens is 236 g/mol. The van der Waals surface area contributed by atoms with Gasteiger partial charge in [0.15, 0.2) is 0 Å². The fraction of sp³-hybridized carbons (Fsp3) is 0.286. The first-order chi connectivity index (χ1) is 7.62. The number of fused-ring (bicyclic) bond motifs is 1. The van der Waals surface area contributed by atoms with Crippen LogP contribution in [0, 0.1) is 0 Å². The molecule has 0 aromatic carbocycles. The third-order valence-electron chi connectivity index (χ3n) is 2.17. The maximum Gasteiger partial charge on any atom is 0.453 e. The van der Waals surface area contributed by atoms with Gasteiger partial charge in [0.25, 0.3) is 5.70 Å². The van der Waals surface area contributed by atoms with E-state index in [-0.39, 0.29) is 18.1 Å². The first-order valence-corrected chi connectivity index (χ1v) is 4.90. The van der Waals surface area contributed by atoms with Gasteiger partial charge in [-0.15, -0.1) is 11.6 Å². The summed E-state index contributed by atoms with van der Waals surface area (Å²) in [6.07, 6.45) is 2.39. The molecule has 0 saturated carbocycles. The van der Waals surface area contributed by atoms with Crippen LogP contribution in [0.3, 0.4) is 0 Å². The number of hydrogen-bond donors (Lipinski definition) is 1. The predicted molar refractivity (Wildman–Crippen MR) is 53.7 cm³/mol. The second kappa shape index (κ2) is 3.65. The Balaban J connectivity index is 2.41. The molecule has 0 radical (unpaired) electrons. The van der Waals surface area contributed by atoms with Gasteiger partial charge in [0.1, 0.15) is 6.20 Å². The highest BCUT2D eigenvalue weighted by Crippen LogP contribution is 2.28. The summed E-state index contributed by atoms with van der Waals surface area (Å²) in [5.74, 6) is -0.262. The summed E-state index contributed by atoms with van der Waals surface area (Å²) >= 11 is 5.50. The van der Waals surface area contributed by atoms with Crippen LogP contribution < -0.4 is 5.73 Å². The molecule has 16 heavy (non-hydrogen) atoms. The van der Waals surface area contributed by atoms with E-state index in [0.29, 0.717) is 0 Å². The number of urea groups is 1. The van der Waals surface area contributed by atoms with Gasteiger partial charge in [0.05, 0.1) is 11.8 Å². The topological polar surface area (TPSA) is 100 Å². The number of quaternary nitrogens is 1. The van der Waals surface area contributed by atoms with Crippen molar-refractivity contribution in [3.05, 3.63) is 11.9 Å². The minimum absolute atomic E-state index is 0.0487. The van der Waals surface area contributed by atoms with Crippen LogP contribution in [-0.4, -0.2) is 40.3 Å². The Bertz CT molecular complexity index is 444. The number of carbonyl (C=O) groups is 2. The highest BCUT2D eigenvalue weighted by atomic mass is 35.5. The molecule has 0 saturated heterocycles. The minimum atomic E-state index is -0.838. The van der Waals surface area contributed by atoms with Crippen molar-refractivity contribution >= 4 is 29.9 Å². The molecule has 2 heterocycles. The van der Waals surface area contributed by atoms with Gasteiger partial charge in [-0.05, 0) is 9.82 Å². The SMILES string of the molecule is NC(=O)[N+]12C=NC=C1C(=O)N(CCCl)N=N2. The fourth-order valence-corrected chi connectivity index (χ4v) is 1.51. The predicted octanol–water partition coefficient (Wildman–Crippen LogP) is 0.128. The second-order valence-electron chi connectivity index (χ2n) is 3.10. The van der Waals surface area contributed by atoms with Crippen LogP contribution in [0.5, 0.6) is 0 Å². The molecule has 84 valence electrons. The summed E-state index contributed by atoms with van der Waals surface area (Å²) in [7, 11) is 0. The van der Waals surface area contributed by atoms with E-state index in [1.807, 2.05) is 0 Å². The summed E-state index contributed by atoms with van der Waals surface area (Å²) in [6.45, 7) is 0.208. The molecule has 0 aromatic rings. The molecule has 2 rings (SSSR count). The number of carbonyl (C=O) groups excluding carboxylic acids is 2. The number of nitrogens with two attached hydrogens (primary N) is 1. The third kappa shape index (κ3) is 1.31. The number of aliphatic imine (C=N–C) groups is 1. The number of hydrogen-bond acceptors (Lipinski definition) is 5. The summed E-state index contributed by atoms with van der Waals surface area (Å²) in [5.41, 5.74) is 5.22. The number of amides is 3. The highest BCUT2D eigenvalue weighted by Gasteiger charge is 2.52. The highest BCUT2D eigenvalue weighted by molar-refractivity contribution is 6.18. The van der Waals surface area contributed by atoms with Crippen LogP contribution in [-0.2, 0) is 4.79 Å². The van der Waals surface area contributed by atoms with E-state index in [1.165, 1.54) is 6.20 Å². The van der Waals surface area contributed by atoms with Crippen LogP contribution in [0.15, 0.2) is 27.3 Å². The molecule has 0 fully saturated rings. The van der Waals surface area contributed by atoms with Crippen molar-refractivity contribution in [3.8, 4) is 0 Å². The van der Waals surface area contributed by atoms with E-state index < -0.39 is 16.5 Å². The molecule has 2 N–H and O–H groups in total. The number of nitrogens with zero attached hydrogens (tertiary/aromatic N) is 5. The first-order valence-electron chi connectivity index (χ1n) is 4.36. The molecule has 3 amide bonds. The van der Waals surface area contributed by atoms with Crippen molar-refractivity contribution < 1.29 is 14.2 Å². The molecule has 0 spiro atoms. The monoisotopic (exact) mass is 243 g/mol. The average Bonchev–Trinajstić information content (AvgIpc) is 2.68. The van der Waals surface area contributed by atoms with Gasteiger partial charge in [-0.25, -0.2) is 14.8 Å². The lowest BCUT2D eigenvalue weighted by Gasteiger charge is -2.25. The molecule has 8 nitrogen and oxygen atoms in total. The van der Waals surface area contributed by atoms with Crippen molar-refractivity contribution in [2.45, 2.75) is 0 Å². The van der Waals surface area contributed by atoms with Crippen LogP contribution in [0.1, 0.15) is 0 Å². The molecule has 0 aromatic heterocycles. The standard InChI is InChI=1S/C7H7ClN6O2/c8-1-2-13-6(15)5-3-10-4-14(5,7(9)16)12-11-13/h3-4H,1-2H2,(H-,9,16)/p+1. The zero-order valence-corrected chi connectivity index (χ0v) is 8.83. The van der Waals surface area contributed by atoms with E-state index in [2.05, 4.69) is 15.4 Å². The molecule has 9 heteroatoms. The van der Waals surface area contributed by atoms with E-state index >= 15 is 0 Å². The lowest BCUT2D eigenvalue weighted by Crippen LogP contribution is -2.54. The van der Waals surface area contributed by atoms with E-state index in [0.717, 1.165) is 11.3 Å². The van der Waals surface area contributed by atoms with Crippen LogP contribution in [0.2, 0.25) is 0 Å². The van der Waals surface area contributed by atoms with Crippen molar-refractivity contribution in [2.75, 3.05) is 12.4 Å². The maximum absolute atomic E-state index is 11.8. The Kier molecular flexibility index (Phi) is 2.44. The first kappa shape index (κ1) is 10.7. The van der Waals surface area contributed by atoms with E-state index in [9.17, 15) is 9.59 Å². The van der Waals surface area contributed by atoms with Gasteiger partial charge in [-0.3, -0.25) is 4.79 Å². The van der Waals surface area contributed by atoms with E-state index in [1.54, 1.807) is 0 Å². The lowest BCUT2D eigenvalue weighted by atomic mass is 10.3. The number of alkyl halides is 1. The van der Waals surface area contributed by atoms with Gasteiger partial charge in [-0.1, -0.05) is 0 Å². The van der Waals surface area contributed by atoms with Crippen molar-refractivity contribution in [2.24, 2.45) is 21.2 Å². The normalized spacial score (nSPS) is 26.9. The zero-order chi connectivity index (χ0) is 11.8. The maximum atomic E-state index is 11.8. The van der Waals surface area contributed by atoms with Gasteiger partial charge in [0, 0.05) is 5.88 Å². The molecular formula is C7H8ClN6O2+. The Morgan fingerprint density at radius 1 is 1.62 bits per heavy atom. The van der Waals surface area contributed by atoms with Crippen LogP contribution in [0.4, 0.5) is 4.79 Å². The summed E-state index contributed by atoms with van der Waals surface area (Å²) < 4.78 is -0.808. The van der Waals surface area contributed by atoms with Gasteiger partial charge in [-0.2, -0.15) is 0 Å². The van der Waals surface area contributed by atoms with Gasteiger partial charge < -0.3 is 5.73 Å². The molecule has 2 aliphatic heterocycles. The zero-order valence-electron chi connectivity index (χ0n) is 8.08. The quantitative estimate of drug-likeness (QED) is 0.550. The Morgan fingerprint density at radius 2 is 2.38 bits per heavy atom. The molecule has 2 aliphatic rings. The molecule has 1 unspecified atom stereocenters. The fourth-order valence-electron chi connectivity index (χ4n) is 1.35.